The van der Waals surface area contributed by atoms with Gasteiger partial charge in [0, 0.05) is 42.2 Å². The van der Waals surface area contributed by atoms with Crippen molar-refractivity contribution in [3.63, 3.8) is 0 Å². The zero-order valence-corrected chi connectivity index (χ0v) is 19.4. The monoisotopic (exact) mass is 469 g/mol. The van der Waals surface area contributed by atoms with Gasteiger partial charge in [-0.25, -0.2) is 8.42 Å². The second-order valence-corrected chi connectivity index (χ2v) is 10.3. The van der Waals surface area contributed by atoms with E-state index in [0.717, 1.165) is 18.4 Å². The molecule has 1 atom stereocenters. The lowest BCUT2D eigenvalue weighted by molar-refractivity contribution is 0.0952. The molecule has 1 amide bonds. The van der Waals surface area contributed by atoms with Crippen LogP contribution in [-0.2, 0) is 16.6 Å². The predicted octanol–water partition coefficient (Wildman–Crippen LogP) is 2.89. The topological polar surface area (TPSA) is 109 Å². The summed E-state index contributed by atoms with van der Waals surface area (Å²) >= 11 is 0. The summed E-state index contributed by atoms with van der Waals surface area (Å²) in [6.07, 6.45) is 1.82. The van der Waals surface area contributed by atoms with Gasteiger partial charge < -0.3 is 15.0 Å². The number of aromatic amines is 1. The molecule has 2 heterocycles. The van der Waals surface area contributed by atoms with Crippen LogP contribution in [0.25, 0.3) is 10.9 Å². The molecule has 8 nitrogen and oxygen atoms in total. The van der Waals surface area contributed by atoms with Crippen LogP contribution in [0.5, 0.6) is 5.75 Å². The maximum Gasteiger partial charge on any atom is 0.252 e. The average molecular weight is 470 g/mol. The third kappa shape index (κ3) is 4.79. The molecular weight excluding hydrogens is 442 g/mol. The lowest BCUT2D eigenvalue weighted by Crippen LogP contribution is -2.39. The highest BCUT2D eigenvalue weighted by molar-refractivity contribution is 7.89. The number of ether oxygens (including phenoxy) is 1. The third-order valence-corrected chi connectivity index (χ3v) is 7.81. The fourth-order valence-electron chi connectivity index (χ4n) is 4.21. The SMILES string of the molecule is COc1ccccc1CNC(=O)c1cc(=O)[nH]c2ccc(S(=O)(=O)N3CCCC(C)C3)cc12. The van der Waals surface area contributed by atoms with E-state index in [9.17, 15) is 18.0 Å². The molecule has 1 fully saturated rings. The van der Waals surface area contributed by atoms with E-state index in [0.29, 0.717) is 35.7 Å². The van der Waals surface area contributed by atoms with Crippen LogP contribution in [0, 0.1) is 5.92 Å². The van der Waals surface area contributed by atoms with E-state index in [1.165, 1.54) is 28.6 Å². The highest BCUT2D eigenvalue weighted by Gasteiger charge is 2.29. The summed E-state index contributed by atoms with van der Waals surface area (Å²) in [7, 11) is -2.16. The lowest BCUT2D eigenvalue weighted by atomic mass is 10.0. The minimum absolute atomic E-state index is 0.106. The fourth-order valence-corrected chi connectivity index (χ4v) is 5.84. The van der Waals surface area contributed by atoms with Crippen LogP contribution in [0.1, 0.15) is 35.7 Å². The summed E-state index contributed by atoms with van der Waals surface area (Å²) in [5.74, 6) is 0.456. The number of methoxy groups -OCH3 is 1. The molecule has 0 radical (unpaired) electrons. The van der Waals surface area contributed by atoms with Crippen LogP contribution in [0.3, 0.4) is 0 Å². The largest absolute Gasteiger partial charge is 0.496 e. The Kier molecular flexibility index (Phi) is 6.53. The van der Waals surface area contributed by atoms with Crippen LogP contribution in [0.4, 0.5) is 0 Å². The Hall–Kier alpha value is -3.17. The smallest absolute Gasteiger partial charge is 0.252 e. The quantitative estimate of drug-likeness (QED) is 0.577. The number of rotatable bonds is 6. The number of H-pyrrole nitrogens is 1. The van der Waals surface area contributed by atoms with E-state index in [4.69, 9.17) is 4.74 Å². The first-order chi connectivity index (χ1) is 15.8. The molecule has 2 aromatic carbocycles. The molecule has 1 unspecified atom stereocenters. The number of carbonyl (C=O) groups is 1. The van der Waals surface area contributed by atoms with Gasteiger partial charge in [-0.2, -0.15) is 4.31 Å². The van der Waals surface area contributed by atoms with Crippen molar-refractivity contribution in [2.75, 3.05) is 20.2 Å². The van der Waals surface area contributed by atoms with Gasteiger partial charge >= 0.3 is 0 Å². The molecule has 9 heteroatoms. The second-order valence-electron chi connectivity index (χ2n) is 8.36. The minimum Gasteiger partial charge on any atom is -0.496 e. The van der Waals surface area contributed by atoms with E-state index in [2.05, 4.69) is 10.3 Å². The Bertz CT molecular complexity index is 1350. The first-order valence-electron chi connectivity index (χ1n) is 10.9. The molecule has 3 aromatic rings. The molecule has 2 N–H and O–H groups in total. The summed E-state index contributed by atoms with van der Waals surface area (Å²) in [4.78, 5) is 28.0. The number of benzene rings is 2. The molecule has 1 aliphatic rings. The molecule has 1 aromatic heterocycles. The number of hydrogen-bond donors (Lipinski definition) is 2. The van der Waals surface area contributed by atoms with Crippen molar-refractivity contribution in [2.24, 2.45) is 5.92 Å². The van der Waals surface area contributed by atoms with Crippen molar-refractivity contribution >= 4 is 26.8 Å². The van der Waals surface area contributed by atoms with Crippen molar-refractivity contribution in [3.05, 3.63) is 70.0 Å². The van der Waals surface area contributed by atoms with Gasteiger partial charge in [-0.15, -0.1) is 0 Å². The standard InChI is InChI=1S/C24H27N3O5S/c1-16-6-5-11-27(15-16)33(30,31)18-9-10-21-19(12-18)20(13-23(28)26-21)24(29)25-14-17-7-3-4-8-22(17)32-2/h3-4,7-10,12-13,16H,5-6,11,14-15H2,1-2H3,(H,25,29)(H,26,28). The van der Waals surface area contributed by atoms with Crippen molar-refractivity contribution in [1.29, 1.82) is 0 Å². The molecule has 0 bridgehead atoms. The molecule has 174 valence electrons. The number of pyridine rings is 1. The van der Waals surface area contributed by atoms with Crippen molar-refractivity contribution < 1.29 is 17.9 Å². The van der Waals surface area contributed by atoms with Gasteiger partial charge in [-0.05, 0) is 43.0 Å². The van der Waals surface area contributed by atoms with Crippen molar-refractivity contribution in [3.8, 4) is 5.75 Å². The number of nitrogens with zero attached hydrogens (tertiary/aromatic N) is 1. The van der Waals surface area contributed by atoms with E-state index in [-0.39, 0.29) is 17.0 Å². The minimum atomic E-state index is -3.71. The normalized spacial score (nSPS) is 17.1. The Morgan fingerprint density at radius 3 is 2.76 bits per heavy atom. The molecular formula is C24H27N3O5S. The van der Waals surface area contributed by atoms with Crippen LogP contribution >= 0.6 is 0 Å². The highest BCUT2D eigenvalue weighted by atomic mass is 32.2. The summed E-state index contributed by atoms with van der Waals surface area (Å²) in [6.45, 7) is 3.18. The van der Waals surface area contributed by atoms with Crippen LogP contribution in [-0.4, -0.2) is 43.8 Å². The zero-order valence-electron chi connectivity index (χ0n) is 18.6. The van der Waals surface area contributed by atoms with E-state index >= 15 is 0 Å². The Morgan fingerprint density at radius 2 is 2.00 bits per heavy atom. The number of carbonyl (C=O) groups excluding carboxylic acids is 1. The summed E-state index contributed by atoms with van der Waals surface area (Å²) in [6, 6.07) is 13.0. The summed E-state index contributed by atoms with van der Waals surface area (Å²) in [5.41, 5.74) is 0.860. The van der Waals surface area contributed by atoms with Crippen LogP contribution in [0.15, 0.2) is 58.2 Å². The van der Waals surface area contributed by atoms with Gasteiger partial charge in [0.05, 0.1) is 17.6 Å². The summed E-state index contributed by atoms with van der Waals surface area (Å²) in [5, 5.41) is 3.18. The van der Waals surface area contributed by atoms with Gasteiger partial charge in [-0.3, -0.25) is 9.59 Å². The molecule has 0 saturated carbocycles. The first kappa shape index (κ1) is 23.0. The number of amides is 1. The average Bonchev–Trinajstić information content (AvgIpc) is 2.81. The van der Waals surface area contributed by atoms with Gasteiger partial charge in [0.1, 0.15) is 5.75 Å². The van der Waals surface area contributed by atoms with Gasteiger partial charge in [0.25, 0.3) is 5.91 Å². The number of sulfonamides is 1. The van der Waals surface area contributed by atoms with Gasteiger partial charge in [0.15, 0.2) is 0 Å². The number of aromatic nitrogens is 1. The van der Waals surface area contributed by atoms with Crippen molar-refractivity contribution in [1.82, 2.24) is 14.6 Å². The highest BCUT2D eigenvalue weighted by Crippen LogP contribution is 2.26. The summed E-state index contributed by atoms with van der Waals surface area (Å²) < 4.78 is 33.3. The number of piperidine rings is 1. The maximum atomic E-state index is 13.2. The third-order valence-electron chi connectivity index (χ3n) is 5.95. The van der Waals surface area contributed by atoms with Gasteiger partial charge in [0.2, 0.25) is 15.6 Å². The number of nitrogens with one attached hydrogen (secondary N) is 2. The van der Waals surface area contributed by atoms with Crippen LogP contribution < -0.4 is 15.6 Å². The Labute approximate surface area is 192 Å². The van der Waals surface area contributed by atoms with E-state index < -0.39 is 21.5 Å². The lowest BCUT2D eigenvalue weighted by Gasteiger charge is -2.30. The second kappa shape index (κ2) is 9.36. The molecule has 0 aliphatic carbocycles. The molecule has 33 heavy (non-hydrogen) atoms. The van der Waals surface area contributed by atoms with E-state index in [1.54, 1.807) is 13.2 Å². The van der Waals surface area contributed by atoms with Crippen LogP contribution in [0.2, 0.25) is 0 Å². The molecule has 4 rings (SSSR count). The fraction of sp³-hybridized carbons (Fsp3) is 0.333. The number of hydrogen-bond acceptors (Lipinski definition) is 5. The Morgan fingerprint density at radius 1 is 1.21 bits per heavy atom. The number of fused-ring (bicyclic) bond motifs is 1. The van der Waals surface area contributed by atoms with Crippen molar-refractivity contribution in [2.45, 2.75) is 31.2 Å². The molecule has 0 spiro atoms. The van der Waals surface area contributed by atoms with E-state index in [1.807, 2.05) is 25.1 Å². The maximum absolute atomic E-state index is 13.2. The first-order valence-corrected chi connectivity index (χ1v) is 12.3. The molecule has 1 saturated heterocycles. The van der Waals surface area contributed by atoms with Gasteiger partial charge in [-0.1, -0.05) is 25.1 Å². The zero-order chi connectivity index (χ0) is 23.6. The predicted molar refractivity (Wildman–Crippen MR) is 126 cm³/mol. The Balaban J connectivity index is 1.68. The molecule has 1 aliphatic heterocycles. The number of para-hydroxylation sites is 1.